The van der Waals surface area contributed by atoms with E-state index in [1.165, 1.54) is 5.56 Å². The molecular weight excluding hydrogens is 519 g/mol. The van der Waals surface area contributed by atoms with Crippen molar-refractivity contribution in [3.8, 4) is 11.5 Å². The number of aromatic nitrogens is 3. The quantitative estimate of drug-likeness (QED) is 0.237. The summed E-state index contributed by atoms with van der Waals surface area (Å²) in [7, 11) is 1.70. The van der Waals surface area contributed by atoms with Crippen LogP contribution in [0.1, 0.15) is 35.1 Å². The smallest absolute Gasteiger partial charge is 0.226 e. The van der Waals surface area contributed by atoms with Crippen LogP contribution in [0.4, 0.5) is 0 Å². The van der Waals surface area contributed by atoms with Crippen LogP contribution in [0, 0.1) is 20.8 Å². The van der Waals surface area contributed by atoms with Crippen LogP contribution in [0.3, 0.4) is 0 Å². The van der Waals surface area contributed by atoms with Crippen molar-refractivity contribution >= 4 is 29.9 Å². The van der Waals surface area contributed by atoms with Crippen LogP contribution >= 0.6 is 24.0 Å². The molecule has 0 aliphatic carbocycles. The van der Waals surface area contributed by atoms with Crippen molar-refractivity contribution in [3.05, 3.63) is 58.7 Å². The molecule has 32 heavy (non-hydrogen) atoms. The summed E-state index contributed by atoms with van der Waals surface area (Å²) in [6.07, 6.45) is 1.68. The molecule has 0 saturated carbocycles. The van der Waals surface area contributed by atoms with Crippen LogP contribution in [0.2, 0.25) is 0 Å². The normalized spacial score (nSPS) is 11.3. The zero-order valence-electron chi connectivity index (χ0n) is 19.4. The summed E-state index contributed by atoms with van der Waals surface area (Å²) in [5.74, 6) is 1.35. The lowest BCUT2D eigenvalue weighted by Gasteiger charge is -2.10. The van der Waals surface area contributed by atoms with Gasteiger partial charge in [-0.25, -0.2) is 9.98 Å². The molecule has 3 aromatic rings. The maximum atomic E-state index is 5.65. The molecule has 0 aliphatic heterocycles. The number of hydrogen-bond donors (Lipinski definition) is 2. The maximum Gasteiger partial charge on any atom is 0.226 e. The summed E-state index contributed by atoms with van der Waals surface area (Å²) < 4.78 is 12.8. The highest BCUT2D eigenvalue weighted by Gasteiger charge is 2.12. The molecule has 0 aliphatic rings. The molecule has 2 heterocycles. The van der Waals surface area contributed by atoms with Crippen LogP contribution in [0.5, 0.6) is 0 Å². The number of hydrogen-bond acceptors (Lipinski definition) is 5. The Bertz CT molecular complexity index is 1010. The highest BCUT2D eigenvalue weighted by Crippen LogP contribution is 2.19. The molecule has 3 rings (SSSR count). The lowest BCUT2D eigenvalue weighted by molar-refractivity contribution is 0.182. The third-order valence-corrected chi connectivity index (χ3v) is 5.07. The van der Waals surface area contributed by atoms with Crippen molar-refractivity contribution in [2.24, 2.45) is 4.99 Å². The summed E-state index contributed by atoms with van der Waals surface area (Å²) in [4.78, 5) is 9.32. The first-order valence-electron chi connectivity index (χ1n) is 10.6. The third kappa shape index (κ3) is 6.80. The zero-order chi connectivity index (χ0) is 22.2. The zero-order valence-corrected chi connectivity index (χ0v) is 21.8. The minimum absolute atomic E-state index is 0. The van der Waals surface area contributed by atoms with Gasteiger partial charge >= 0.3 is 0 Å². The molecule has 0 bridgehead atoms. The minimum Gasteiger partial charge on any atom is -0.444 e. The van der Waals surface area contributed by atoms with E-state index in [1.54, 1.807) is 13.4 Å². The van der Waals surface area contributed by atoms with Crippen molar-refractivity contribution in [1.82, 2.24) is 25.4 Å². The maximum absolute atomic E-state index is 5.65. The first kappa shape index (κ1) is 25.9. The van der Waals surface area contributed by atoms with Crippen LogP contribution in [0.15, 0.2) is 39.9 Å². The number of aliphatic imine (C=N–C) groups is 1. The number of rotatable bonds is 9. The molecule has 0 radical (unpaired) electrons. The first-order valence-corrected chi connectivity index (χ1v) is 10.6. The van der Waals surface area contributed by atoms with Crippen molar-refractivity contribution in [3.63, 3.8) is 0 Å². The molecule has 0 saturated heterocycles. The van der Waals surface area contributed by atoms with Crippen LogP contribution in [-0.4, -0.2) is 41.0 Å². The van der Waals surface area contributed by atoms with Crippen molar-refractivity contribution in [1.29, 1.82) is 0 Å². The van der Waals surface area contributed by atoms with Gasteiger partial charge in [-0.2, -0.15) is 5.10 Å². The Kier molecular flexibility index (Phi) is 10.2. The summed E-state index contributed by atoms with van der Waals surface area (Å²) in [5.41, 5.74) is 6.24. The fourth-order valence-corrected chi connectivity index (χ4v) is 3.25. The molecule has 0 atom stereocenters. The monoisotopic (exact) mass is 552 g/mol. The van der Waals surface area contributed by atoms with E-state index in [0.29, 0.717) is 25.6 Å². The van der Waals surface area contributed by atoms with E-state index in [0.717, 1.165) is 47.3 Å². The van der Waals surface area contributed by atoms with Crippen molar-refractivity contribution in [2.75, 3.05) is 20.3 Å². The van der Waals surface area contributed by atoms with Gasteiger partial charge in [-0.3, -0.25) is 4.68 Å². The highest BCUT2D eigenvalue weighted by molar-refractivity contribution is 14.0. The van der Waals surface area contributed by atoms with E-state index in [1.807, 2.05) is 30.7 Å². The van der Waals surface area contributed by atoms with Crippen molar-refractivity contribution < 1.29 is 9.15 Å². The third-order valence-electron chi connectivity index (χ3n) is 5.07. The summed E-state index contributed by atoms with van der Waals surface area (Å²) in [6, 6.07) is 8.13. The van der Waals surface area contributed by atoms with Gasteiger partial charge in [-0.1, -0.05) is 17.7 Å². The number of nitrogens with one attached hydrogen (secondary N) is 2. The molecule has 2 aromatic heterocycles. The van der Waals surface area contributed by atoms with E-state index in [2.05, 4.69) is 46.7 Å². The van der Waals surface area contributed by atoms with Gasteiger partial charge in [0.1, 0.15) is 6.26 Å². The average molecular weight is 552 g/mol. The van der Waals surface area contributed by atoms with Gasteiger partial charge in [0.25, 0.3) is 0 Å². The lowest BCUT2D eigenvalue weighted by atomic mass is 10.1. The topological polar surface area (TPSA) is 89.5 Å². The summed E-state index contributed by atoms with van der Waals surface area (Å²) in [5, 5.41) is 11.2. The van der Waals surface area contributed by atoms with Crippen LogP contribution < -0.4 is 10.6 Å². The molecule has 2 N–H and O–H groups in total. The Morgan fingerprint density at radius 3 is 2.59 bits per heavy atom. The van der Waals surface area contributed by atoms with Crippen LogP contribution in [-0.2, 0) is 24.4 Å². The molecule has 1 aromatic carbocycles. The molecule has 0 amide bonds. The van der Waals surface area contributed by atoms with Gasteiger partial charge in [-0.15, -0.1) is 24.0 Å². The summed E-state index contributed by atoms with van der Waals surface area (Å²) in [6.45, 7) is 11.4. The number of aryl methyl sites for hydroxylation is 2. The lowest BCUT2D eigenvalue weighted by Crippen LogP contribution is -2.36. The average Bonchev–Trinajstić information content (AvgIpc) is 3.34. The molecule has 8 nitrogen and oxygen atoms in total. The van der Waals surface area contributed by atoms with E-state index >= 15 is 0 Å². The molecule has 174 valence electrons. The van der Waals surface area contributed by atoms with Crippen molar-refractivity contribution in [2.45, 2.75) is 47.3 Å². The second-order valence-electron chi connectivity index (χ2n) is 7.42. The SMILES string of the molecule is CCNC(=NCc1c(C)nn(CCOC)c1C)NCc1coc(-c2ccc(C)cc2)n1.I. The van der Waals surface area contributed by atoms with E-state index in [9.17, 15) is 0 Å². The first-order chi connectivity index (χ1) is 15.0. The molecule has 0 unspecified atom stereocenters. The Morgan fingerprint density at radius 1 is 1.16 bits per heavy atom. The minimum atomic E-state index is 0. The van der Waals surface area contributed by atoms with E-state index in [-0.39, 0.29) is 24.0 Å². The number of nitrogens with zero attached hydrogens (tertiary/aromatic N) is 4. The predicted octanol–water partition coefficient (Wildman–Crippen LogP) is 3.98. The number of methoxy groups -OCH3 is 1. The largest absolute Gasteiger partial charge is 0.444 e. The second kappa shape index (κ2) is 12.6. The number of ether oxygens (including phenoxy) is 1. The van der Waals surface area contributed by atoms with Crippen LogP contribution in [0.25, 0.3) is 11.5 Å². The molecule has 9 heteroatoms. The Morgan fingerprint density at radius 2 is 1.91 bits per heavy atom. The molecular formula is C23H33IN6O2. The van der Waals surface area contributed by atoms with Gasteiger partial charge in [0, 0.05) is 30.5 Å². The number of oxazole rings is 1. The fraction of sp³-hybridized carbons (Fsp3) is 0.435. The molecule has 0 fully saturated rings. The molecule has 0 spiro atoms. The second-order valence-corrected chi connectivity index (χ2v) is 7.42. The van der Waals surface area contributed by atoms with Gasteiger partial charge in [0.15, 0.2) is 5.96 Å². The van der Waals surface area contributed by atoms with E-state index < -0.39 is 0 Å². The van der Waals surface area contributed by atoms with Gasteiger partial charge in [0.2, 0.25) is 5.89 Å². The van der Waals surface area contributed by atoms with Gasteiger partial charge in [0.05, 0.1) is 37.6 Å². The standard InChI is InChI=1S/C23H32N6O2.HI/c1-6-24-23(26-14-21-17(3)28-29(18(21)4)11-12-30-5)25-13-20-15-31-22(27-20)19-9-7-16(2)8-10-19;/h7-10,15H,6,11-14H2,1-5H3,(H2,24,25,26);1H. The Labute approximate surface area is 206 Å². The summed E-state index contributed by atoms with van der Waals surface area (Å²) >= 11 is 0. The van der Waals surface area contributed by atoms with Gasteiger partial charge < -0.3 is 19.8 Å². The number of guanidine groups is 1. The predicted molar refractivity (Wildman–Crippen MR) is 137 cm³/mol. The van der Waals surface area contributed by atoms with E-state index in [4.69, 9.17) is 14.1 Å². The fourth-order valence-electron chi connectivity index (χ4n) is 3.25. The Balaban J connectivity index is 0.00000363. The number of benzene rings is 1. The van der Waals surface area contributed by atoms with Gasteiger partial charge in [-0.05, 0) is 39.8 Å². The Hall–Kier alpha value is -2.40. The highest BCUT2D eigenvalue weighted by atomic mass is 127. The number of halogens is 1.